The molecule has 8 heteroatoms. The van der Waals surface area contributed by atoms with E-state index in [-0.39, 0.29) is 17.9 Å². The molecule has 3 rings (SSSR count). The number of rotatable bonds is 5. The van der Waals surface area contributed by atoms with Crippen LogP contribution in [0.3, 0.4) is 0 Å². The van der Waals surface area contributed by atoms with Crippen molar-refractivity contribution in [2.75, 3.05) is 12.3 Å². The molecule has 0 atom stereocenters. The minimum Gasteiger partial charge on any atom is -0.355 e. The molecular formula is C19H22F3N3OS. The van der Waals surface area contributed by atoms with Crippen molar-refractivity contribution in [1.82, 2.24) is 10.3 Å². The number of amides is 1. The van der Waals surface area contributed by atoms with Crippen LogP contribution < -0.4 is 11.1 Å². The topological polar surface area (TPSA) is 68.0 Å². The van der Waals surface area contributed by atoms with Crippen LogP contribution in [0.2, 0.25) is 0 Å². The van der Waals surface area contributed by atoms with E-state index in [2.05, 4.69) is 10.3 Å². The van der Waals surface area contributed by atoms with Gasteiger partial charge in [-0.3, -0.25) is 4.79 Å². The number of hydrogen-bond donors (Lipinski definition) is 2. The second kappa shape index (κ2) is 8.48. The Hall–Kier alpha value is -1.80. The first kappa shape index (κ1) is 19.9. The van der Waals surface area contributed by atoms with Crippen LogP contribution in [0, 0.1) is 5.92 Å². The molecule has 0 saturated heterocycles. The molecule has 0 spiro atoms. The number of carbonyl (C=O) groups is 1. The zero-order chi connectivity index (χ0) is 19.4. The lowest BCUT2D eigenvalue weighted by Gasteiger charge is -2.25. The van der Waals surface area contributed by atoms with Crippen molar-refractivity contribution < 1.29 is 18.0 Å². The van der Waals surface area contributed by atoms with Crippen molar-refractivity contribution >= 4 is 28.6 Å². The number of halogens is 3. The highest BCUT2D eigenvalue weighted by Crippen LogP contribution is 2.34. The fourth-order valence-corrected chi connectivity index (χ4v) is 4.22. The number of carbonyl (C=O) groups excluding carboxylic acids is 1. The van der Waals surface area contributed by atoms with Gasteiger partial charge in [0.1, 0.15) is 5.69 Å². The molecule has 1 aliphatic carbocycles. The van der Waals surface area contributed by atoms with Crippen molar-refractivity contribution in [1.29, 1.82) is 0 Å². The molecule has 0 unspecified atom stereocenters. The summed E-state index contributed by atoms with van der Waals surface area (Å²) in [5.41, 5.74) is 5.27. The summed E-state index contributed by atoms with van der Waals surface area (Å²) in [7, 11) is 0. The normalized spacial score (nSPS) is 20.6. The molecule has 146 valence electrons. The highest BCUT2D eigenvalue weighted by atomic mass is 32.2. The Morgan fingerprint density at radius 1 is 1.22 bits per heavy atom. The lowest BCUT2D eigenvalue weighted by Crippen LogP contribution is -2.37. The lowest BCUT2D eigenvalue weighted by atomic mass is 9.86. The first-order valence-corrected chi connectivity index (χ1v) is 9.96. The Morgan fingerprint density at radius 2 is 1.93 bits per heavy atom. The second-order valence-corrected chi connectivity index (χ2v) is 7.91. The Morgan fingerprint density at radius 3 is 2.63 bits per heavy atom. The maximum absolute atomic E-state index is 13.1. The maximum Gasteiger partial charge on any atom is 0.433 e. The van der Waals surface area contributed by atoms with E-state index >= 15 is 0 Å². The van der Waals surface area contributed by atoms with E-state index in [1.807, 2.05) is 0 Å². The molecule has 1 amide bonds. The van der Waals surface area contributed by atoms with Crippen molar-refractivity contribution in [2.45, 2.75) is 42.8 Å². The zero-order valence-electron chi connectivity index (χ0n) is 14.8. The summed E-state index contributed by atoms with van der Waals surface area (Å²) in [6.45, 7) is 0.407. The average Bonchev–Trinajstić information content (AvgIpc) is 2.64. The second-order valence-electron chi connectivity index (χ2n) is 6.77. The fourth-order valence-electron chi connectivity index (χ4n) is 3.27. The van der Waals surface area contributed by atoms with E-state index in [0.29, 0.717) is 28.1 Å². The molecule has 2 aromatic rings. The summed E-state index contributed by atoms with van der Waals surface area (Å²) >= 11 is 1.29. The fraction of sp³-hybridized carbons (Fsp3) is 0.474. The van der Waals surface area contributed by atoms with Gasteiger partial charge in [-0.05, 0) is 37.8 Å². The van der Waals surface area contributed by atoms with E-state index in [0.717, 1.165) is 31.7 Å². The predicted molar refractivity (Wildman–Crippen MR) is 100 cm³/mol. The number of thioether (sulfide) groups is 1. The molecule has 1 saturated carbocycles. The maximum atomic E-state index is 13.1. The van der Waals surface area contributed by atoms with Crippen molar-refractivity contribution in [2.24, 2.45) is 11.7 Å². The van der Waals surface area contributed by atoms with Gasteiger partial charge in [0, 0.05) is 34.5 Å². The van der Waals surface area contributed by atoms with Gasteiger partial charge in [-0.25, -0.2) is 4.98 Å². The molecular weight excluding hydrogens is 375 g/mol. The number of nitrogens with zero attached hydrogens (tertiary/aromatic N) is 1. The standard InChI is InChI=1S/C19H22F3N3OS/c20-19(21,22)17-11-16(14-3-1-2-4-15(14)25-17)27-10-9-24-18(26)12-5-7-13(23)8-6-12/h1-4,11-13H,5-10,23H2,(H,24,26). The number of pyridine rings is 1. The summed E-state index contributed by atoms with van der Waals surface area (Å²) in [5, 5.41) is 3.58. The first-order chi connectivity index (χ1) is 12.8. The van der Waals surface area contributed by atoms with E-state index in [1.165, 1.54) is 11.8 Å². The predicted octanol–water partition coefficient (Wildman–Crippen LogP) is 3.98. The molecule has 1 aliphatic rings. The van der Waals surface area contributed by atoms with Gasteiger partial charge in [0.15, 0.2) is 0 Å². The molecule has 1 heterocycles. The highest BCUT2D eigenvalue weighted by Gasteiger charge is 2.33. The zero-order valence-corrected chi connectivity index (χ0v) is 15.6. The summed E-state index contributed by atoms with van der Waals surface area (Å²) in [6.07, 6.45) is -1.18. The summed E-state index contributed by atoms with van der Waals surface area (Å²) in [6, 6.07) is 8.04. The van der Waals surface area contributed by atoms with Crippen LogP contribution in [-0.4, -0.2) is 29.2 Å². The molecule has 27 heavy (non-hydrogen) atoms. The van der Waals surface area contributed by atoms with Gasteiger partial charge in [-0.2, -0.15) is 13.2 Å². The minimum absolute atomic E-state index is 0.00612. The smallest absolute Gasteiger partial charge is 0.355 e. The molecule has 0 radical (unpaired) electrons. The molecule has 0 aliphatic heterocycles. The number of aromatic nitrogens is 1. The van der Waals surface area contributed by atoms with Crippen LogP contribution >= 0.6 is 11.8 Å². The summed E-state index contributed by atoms with van der Waals surface area (Å²) in [4.78, 5) is 16.4. The van der Waals surface area contributed by atoms with Crippen LogP contribution in [0.4, 0.5) is 13.2 Å². The van der Waals surface area contributed by atoms with Gasteiger partial charge < -0.3 is 11.1 Å². The van der Waals surface area contributed by atoms with Crippen LogP contribution in [0.25, 0.3) is 10.9 Å². The van der Waals surface area contributed by atoms with Crippen molar-refractivity contribution in [3.05, 3.63) is 36.0 Å². The third-order valence-electron chi connectivity index (χ3n) is 4.77. The summed E-state index contributed by atoms with van der Waals surface area (Å²) < 4.78 is 39.3. The van der Waals surface area contributed by atoms with E-state index < -0.39 is 11.9 Å². The van der Waals surface area contributed by atoms with Crippen molar-refractivity contribution in [3.63, 3.8) is 0 Å². The molecule has 0 bridgehead atoms. The number of benzene rings is 1. The minimum atomic E-state index is -4.49. The number of nitrogens with one attached hydrogen (secondary N) is 1. The Labute approximate surface area is 160 Å². The van der Waals surface area contributed by atoms with Crippen LogP contribution in [0.5, 0.6) is 0 Å². The van der Waals surface area contributed by atoms with Gasteiger partial charge in [-0.15, -0.1) is 11.8 Å². The van der Waals surface area contributed by atoms with E-state index in [4.69, 9.17) is 5.73 Å². The van der Waals surface area contributed by atoms with Gasteiger partial charge >= 0.3 is 6.18 Å². The third-order valence-corrected chi connectivity index (χ3v) is 5.83. The van der Waals surface area contributed by atoms with Crippen molar-refractivity contribution in [3.8, 4) is 0 Å². The first-order valence-electron chi connectivity index (χ1n) is 8.97. The van der Waals surface area contributed by atoms with Crippen LogP contribution in [0.15, 0.2) is 35.2 Å². The monoisotopic (exact) mass is 397 g/mol. The Balaban J connectivity index is 1.60. The average molecular weight is 397 g/mol. The number of para-hydroxylation sites is 1. The lowest BCUT2D eigenvalue weighted by molar-refractivity contribution is -0.141. The SMILES string of the molecule is NC1CCC(C(=O)NCCSc2cc(C(F)(F)F)nc3ccccc23)CC1. The number of nitrogens with two attached hydrogens (primary N) is 1. The third kappa shape index (κ3) is 5.13. The summed E-state index contributed by atoms with van der Waals surface area (Å²) in [5.74, 6) is 0.495. The van der Waals surface area contributed by atoms with Crippen LogP contribution in [-0.2, 0) is 11.0 Å². The molecule has 3 N–H and O–H groups in total. The van der Waals surface area contributed by atoms with E-state index in [9.17, 15) is 18.0 Å². The number of alkyl halides is 3. The quantitative estimate of drug-likeness (QED) is 0.592. The largest absolute Gasteiger partial charge is 0.433 e. The molecule has 1 aromatic carbocycles. The van der Waals surface area contributed by atoms with Gasteiger partial charge in [0.05, 0.1) is 5.52 Å². The Kier molecular flexibility index (Phi) is 6.26. The van der Waals surface area contributed by atoms with Crippen LogP contribution in [0.1, 0.15) is 31.4 Å². The molecule has 1 aromatic heterocycles. The number of fused-ring (bicyclic) bond motifs is 1. The van der Waals surface area contributed by atoms with Gasteiger partial charge in [0.2, 0.25) is 5.91 Å². The molecule has 4 nitrogen and oxygen atoms in total. The van der Waals surface area contributed by atoms with E-state index in [1.54, 1.807) is 24.3 Å². The number of hydrogen-bond acceptors (Lipinski definition) is 4. The highest BCUT2D eigenvalue weighted by molar-refractivity contribution is 7.99. The Bertz CT molecular complexity index is 804. The van der Waals surface area contributed by atoms with Gasteiger partial charge in [-0.1, -0.05) is 18.2 Å². The van der Waals surface area contributed by atoms with Gasteiger partial charge in [0.25, 0.3) is 0 Å². The molecule has 1 fully saturated rings.